The SMILES string of the molecule is CC(C)(C)OC(=O)Nc1nc2c(CN(C(=O)OC(C)(C)C)S(C)(=O)=O)cc(C(F)(F)F)cc2s1. The summed E-state index contributed by atoms with van der Waals surface area (Å²) in [5, 5.41) is 2.29. The van der Waals surface area contributed by atoms with Gasteiger partial charge in [-0.25, -0.2) is 27.3 Å². The van der Waals surface area contributed by atoms with Gasteiger partial charge in [-0.05, 0) is 53.7 Å². The normalized spacial score (nSPS) is 13.0. The van der Waals surface area contributed by atoms with Crippen molar-refractivity contribution in [3.05, 3.63) is 23.3 Å². The van der Waals surface area contributed by atoms with E-state index in [-0.39, 0.29) is 20.9 Å². The first-order chi connectivity index (χ1) is 15.2. The summed E-state index contributed by atoms with van der Waals surface area (Å²) in [7, 11) is -4.22. The standard InChI is InChI=1S/C20H26F3N3O6S2/c1-18(2,3)31-16(27)25-15-24-14-11(8-12(20(21,22)23)9-13(14)33-15)10-26(34(7,29)30)17(28)32-19(4,5)6/h8-9H,10H2,1-7H3,(H,24,25,27). The second-order valence-corrected chi connectivity index (χ2v) is 12.3. The fourth-order valence-electron chi connectivity index (χ4n) is 2.61. The van der Waals surface area contributed by atoms with Crippen LogP contribution in [0.3, 0.4) is 0 Å². The van der Waals surface area contributed by atoms with Gasteiger partial charge < -0.3 is 9.47 Å². The van der Waals surface area contributed by atoms with Gasteiger partial charge in [0.25, 0.3) is 0 Å². The Kier molecular flexibility index (Phi) is 7.48. The maximum atomic E-state index is 13.5. The summed E-state index contributed by atoms with van der Waals surface area (Å²) in [6.07, 6.45) is -6.13. The minimum Gasteiger partial charge on any atom is -0.444 e. The van der Waals surface area contributed by atoms with E-state index in [0.29, 0.717) is 10.4 Å². The number of nitrogens with zero attached hydrogens (tertiary/aromatic N) is 2. The Labute approximate surface area is 199 Å². The van der Waals surface area contributed by atoms with E-state index in [4.69, 9.17) is 9.47 Å². The summed E-state index contributed by atoms with van der Waals surface area (Å²) >= 11 is 0.742. The topological polar surface area (TPSA) is 115 Å². The third-order valence-electron chi connectivity index (χ3n) is 3.82. The van der Waals surface area contributed by atoms with E-state index < -0.39 is 51.7 Å². The van der Waals surface area contributed by atoms with E-state index in [0.717, 1.165) is 23.7 Å². The molecule has 0 fully saturated rings. The van der Waals surface area contributed by atoms with Crippen molar-refractivity contribution in [2.24, 2.45) is 0 Å². The molecule has 1 aromatic carbocycles. The summed E-state index contributed by atoms with van der Waals surface area (Å²) in [5.41, 5.74) is -3.15. The van der Waals surface area contributed by atoms with Gasteiger partial charge in [0, 0.05) is 5.56 Å². The summed E-state index contributed by atoms with van der Waals surface area (Å²) < 4.78 is 75.7. The predicted molar refractivity (Wildman–Crippen MR) is 121 cm³/mol. The molecule has 0 aliphatic heterocycles. The molecule has 0 spiro atoms. The lowest BCUT2D eigenvalue weighted by Crippen LogP contribution is -2.39. The predicted octanol–water partition coefficient (Wildman–Crippen LogP) is 5.36. The van der Waals surface area contributed by atoms with Gasteiger partial charge in [-0.3, -0.25) is 5.32 Å². The highest BCUT2D eigenvalue weighted by atomic mass is 32.2. The molecule has 9 nitrogen and oxygen atoms in total. The van der Waals surface area contributed by atoms with Crippen LogP contribution in [-0.2, 0) is 32.2 Å². The van der Waals surface area contributed by atoms with E-state index in [1.165, 1.54) is 20.8 Å². The molecule has 2 rings (SSSR count). The molecule has 1 heterocycles. The second-order valence-electron chi connectivity index (χ2n) is 9.38. The Balaban J connectivity index is 2.56. The van der Waals surface area contributed by atoms with Crippen molar-refractivity contribution in [2.75, 3.05) is 11.6 Å². The van der Waals surface area contributed by atoms with Gasteiger partial charge in [-0.1, -0.05) is 11.3 Å². The minimum absolute atomic E-state index is 0.0127. The molecule has 0 aliphatic carbocycles. The zero-order chi connectivity index (χ0) is 26.3. The van der Waals surface area contributed by atoms with Gasteiger partial charge in [0.05, 0.1) is 28.6 Å². The lowest BCUT2D eigenvalue weighted by molar-refractivity contribution is -0.137. The van der Waals surface area contributed by atoms with Gasteiger partial charge in [0.1, 0.15) is 11.2 Å². The number of hydrogen-bond acceptors (Lipinski definition) is 8. The second kappa shape index (κ2) is 9.21. The molecule has 0 bridgehead atoms. The first-order valence-electron chi connectivity index (χ1n) is 9.87. The largest absolute Gasteiger partial charge is 0.444 e. The summed E-state index contributed by atoms with van der Waals surface area (Å²) in [6.45, 7) is 8.69. The Hall–Kier alpha value is -2.61. The molecule has 14 heteroatoms. The highest BCUT2D eigenvalue weighted by molar-refractivity contribution is 7.88. The third kappa shape index (κ3) is 7.72. The maximum absolute atomic E-state index is 13.5. The van der Waals surface area contributed by atoms with Crippen LogP contribution in [0.4, 0.5) is 27.9 Å². The number of carbonyl (C=O) groups is 2. The Morgan fingerprint density at radius 1 is 1.06 bits per heavy atom. The number of amides is 2. The zero-order valence-corrected chi connectivity index (χ0v) is 21.3. The lowest BCUT2D eigenvalue weighted by Gasteiger charge is -2.26. The Morgan fingerprint density at radius 2 is 1.62 bits per heavy atom. The molecule has 0 unspecified atom stereocenters. The van der Waals surface area contributed by atoms with Crippen molar-refractivity contribution in [1.29, 1.82) is 0 Å². The van der Waals surface area contributed by atoms with Gasteiger partial charge in [0.2, 0.25) is 10.0 Å². The molecular weight excluding hydrogens is 499 g/mol. The van der Waals surface area contributed by atoms with Crippen LogP contribution in [0.1, 0.15) is 52.7 Å². The van der Waals surface area contributed by atoms with Crippen LogP contribution >= 0.6 is 11.3 Å². The number of aromatic nitrogens is 1. The van der Waals surface area contributed by atoms with Crippen LogP contribution in [0.25, 0.3) is 10.2 Å². The van der Waals surface area contributed by atoms with Gasteiger partial charge in [-0.2, -0.15) is 13.2 Å². The third-order valence-corrected chi connectivity index (χ3v) is 5.82. The van der Waals surface area contributed by atoms with Crippen LogP contribution < -0.4 is 5.32 Å². The number of sulfonamides is 1. The Morgan fingerprint density at radius 3 is 2.09 bits per heavy atom. The van der Waals surface area contributed by atoms with E-state index in [1.54, 1.807) is 20.8 Å². The molecule has 0 saturated heterocycles. The smallest absolute Gasteiger partial charge is 0.424 e. The zero-order valence-electron chi connectivity index (χ0n) is 19.7. The highest BCUT2D eigenvalue weighted by Gasteiger charge is 2.34. The quantitative estimate of drug-likeness (QED) is 0.571. The number of nitrogens with one attached hydrogen (secondary N) is 1. The molecule has 34 heavy (non-hydrogen) atoms. The van der Waals surface area contributed by atoms with Crippen LogP contribution in [0.15, 0.2) is 12.1 Å². The van der Waals surface area contributed by atoms with Crippen LogP contribution in [0.5, 0.6) is 0 Å². The Bertz CT molecular complexity index is 1200. The molecule has 2 amide bonds. The number of alkyl halides is 3. The number of thiazole rings is 1. The number of benzene rings is 1. The maximum Gasteiger partial charge on any atom is 0.424 e. The monoisotopic (exact) mass is 525 g/mol. The summed E-state index contributed by atoms with van der Waals surface area (Å²) in [5.74, 6) is 0. The van der Waals surface area contributed by atoms with E-state index >= 15 is 0 Å². The van der Waals surface area contributed by atoms with Crippen LogP contribution in [0.2, 0.25) is 0 Å². The molecular formula is C20H26F3N3O6S2. The average molecular weight is 526 g/mol. The van der Waals surface area contributed by atoms with E-state index in [2.05, 4.69) is 10.3 Å². The molecule has 0 saturated carbocycles. The molecule has 1 N–H and O–H groups in total. The lowest BCUT2D eigenvalue weighted by atomic mass is 10.1. The van der Waals surface area contributed by atoms with Crippen molar-refractivity contribution >= 4 is 48.9 Å². The van der Waals surface area contributed by atoms with Crippen molar-refractivity contribution in [3.8, 4) is 0 Å². The van der Waals surface area contributed by atoms with Gasteiger partial charge in [-0.15, -0.1) is 0 Å². The molecule has 2 aromatic rings. The van der Waals surface area contributed by atoms with E-state index in [9.17, 15) is 31.2 Å². The minimum atomic E-state index is -4.76. The highest BCUT2D eigenvalue weighted by Crippen LogP contribution is 2.37. The number of halogens is 3. The number of fused-ring (bicyclic) bond motifs is 1. The van der Waals surface area contributed by atoms with Crippen molar-refractivity contribution < 1.29 is 40.7 Å². The molecule has 190 valence electrons. The van der Waals surface area contributed by atoms with Crippen molar-refractivity contribution in [1.82, 2.24) is 9.29 Å². The summed E-state index contributed by atoms with van der Waals surface area (Å²) in [4.78, 5) is 28.7. The molecule has 0 atom stereocenters. The van der Waals surface area contributed by atoms with Crippen molar-refractivity contribution in [3.63, 3.8) is 0 Å². The number of carbonyl (C=O) groups excluding carboxylic acids is 2. The number of anilines is 1. The first kappa shape index (κ1) is 27.6. The van der Waals surface area contributed by atoms with Crippen LogP contribution in [-0.4, -0.2) is 47.4 Å². The average Bonchev–Trinajstić information content (AvgIpc) is 2.96. The van der Waals surface area contributed by atoms with Crippen LogP contribution in [0, 0.1) is 0 Å². The molecule has 0 radical (unpaired) electrons. The molecule has 1 aromatic heterocycles. The number of hydrogen-bond donors (Lipinski definition) is 1. The first-order valence-corrected chi connectivity index (χ1v) is 12.5. The van der Waals surface area contributed by atoms with Crippen molar-refractivity contribution in [2.45, 2.75) is 65.5 Å². The summed E-state index contributed by atoms with van der Waals surface area (Å²) in [6, 6.07) is 1.54. The van der Waals surface area contributed by atoms with E-state index in [1.807, 2.05) is 0 Å². The fourth-order valence-corrected chi connectivity index (χ4v) is 4.23. The fraction of sp³-hybridized carbons (Fsp3) is 0.550. The van der Waals surface area contributed by atoms with Gasteiger partial charge in [0.15, 0.2) is 5.13 Å². The molecule has 0 aliphatic rings. The van der Waals surface area contributed by atoms with Gasteiger partial charge >= 0.3 is 18.4 Å². The number of rotatable bonds is 4. The number of ether oxygens (including phenoxy) is 2.